The number of rotatable bonds is 4. The SMILES string of the molecule is O=C(Cn1cccnc1=O)Nc1c(Cl)cccc1C(=O)O. The lowest BCUT2D eigenvalue weighted by atomic mass is 10.2. The second kappa shape index (κ2) is 6.19. The van der Waals surface area contributed by atoms with Crippen LogP contribution in [0.5, 0.6) is 0 Å². The molecule has 0 aliphatic carbocycles. The van der Waals surface area contributed by atoms with Crippen molar-refractivity contribution in [2.45, 2.75) is 6.54 Å². The Bertz CT molecular complexity index is 757. The molecule has 108 valence electrons. The van der Waals surface area contributed by atoms with E-state index in [0.717, 1.165) is 4.57 Å². The lowest BCUT2D eigenvalue weighted by molar-refractivity contribution is -0.116. The molecule has 2 N–H and O–H groups in total. The number of hydrogen-bond acceptors (Lipinski definition) is 4. The summed E-state index contributed by atoms with van der Waals surface area (Å²) in [6.45, 7) is -0.295. The van der Waals surface area contributed by atoms with Crippen molar-refractivity contribution < 1.29 is 14.7 Å². The third kappa shape index (κ3) is 3.46. The molecule has 1 aromatic carbocycles. The van der Waals surface area contributed by atoms with Gasteiger partial charge in [-0.3, -0.25) is 9.36 Å². The van der Waals surface area contributed by atoms with Crippen LogP contribution in [0.1, 0.15) is 10.4 Å². The van der Waals surface area contributed by atoms with E-state index in [0.29, 0.717) is 0 Å². The first-order chi connectivity index (χ1) is 9.99. The standard InChI is InChI=1S/C13H10ClN3O4/c14-9-4-1-3-8(12(19)20)11(9)16-10(18)7-17-6-2-5-15-13(17)21/h1-6H,7H2,(H,16,18)(H,19,20). The molecule has 0 radical (unpaired) electrons. The van der Waals surface area contributed by atoms with Gasteiger partial charge in [0.2, 0.25) is 5.91 Å². The molecule has 8 heteroatoms. The zero-order valence-corrected chi connectivity index (χ0v) is 11.4. The van der Waals surface area contributed by atoms with E-state index in [-0.39, 0.29) is 22.8 Å². The number of amides is 1. The molecular weight excluding hydrogens is 298 g/mol. The molecule has 1 amide bonds. The van der Waals surface area contributed by atoms with Gasteiger partial charge in [0, 0.05) is 12.4 Å². The monoisotopic (exact) mass is 307 g/mol. The van der Waals surface area contributed by atoms with Crippen LogP contribution in [-0.4, -0.2) is 26.5 Å². The van der Waals surface area contributed by atoms with Gasteiger partial charge in [-0.1, -0.05) is 17.7 Å². The summed E-state index contributed by atoms with van der Waals surface area (Å²) in [7, 11) is 0. The van der Waals surface area contributed by atoms with E-state index < -0.39 is 17.6 Å². The molecule has 0 aliphatic heterocycles. The van der Waals surface area contributed by atoms with E-state index in [1.54, 1.807) is 0 Å². The van der Waals surface area contributed by atoms with E-state index in [1.165, 1.54) is 36.7 Å². The minimum absolute atomic E-state index is 0.00592. The van der Waals surface area contributed by atoms with Crippen LogP contribution in [0.3, 0.4) is 0 Å². The van der Waals surface area contributed by atoms with Gasteiger partial charge in [-0.2, -0.15) is 0 Å². The highest BCUT2D eigenvalue weighted by atomic mass is 35.5. The fraction of sp³-hybridized carbons (Fsp3) is 0.0769. The molecule has 0 saturated heterocycles. The average molecular weight is 308 g/mol. The van der Waals surface area contributed by atoms with Crippen molar-refractivity contribution in [1.82, 2.24) is 9.55 Å². The maximum Gasteiger partial charge on any atom is 0.347 e. The quantitative estimate of drug-likeness (QED) is 0.884. The number of hydrogen-bond donors (Lipinski definition) is 2. The number of carboxylic acids is 1. The second-order valence-corrected chi connectivity index (χ2v) is 4.45. The number of carbonyl (C=O) groups excluding carboxylic acids is 1. The molecule has 0 saturated carbocycles. The van der Waals surface area contributed by atoms with Crippen molar-refractivity contribution in [2.24, 2.45) is 0 Å². The van der Waals surface area contributed by atoms with Gasteiger partial charge in [0.25, 0.3) is 0 Å². The zero-order valence-electron chi connectivity index (χ0n) is 10.6. The maximum atomic E-state index is 11.9. The highest BCUT2D eigenvalue weighted by molar-refractivity contribution is 6.34. The van der Waals surface area contributed by atoms with Gasteiger partial charge in [-0.25, -0.2) is 14.6 Å². The molecule has 0 bridgehead atoms. The Balaban J connectivity index is 2.23. The molecule has 0 fully saturated rings. The highest BCUT2D eigenvalue weighted by Crippen LogP contribution is 2.25. The third-order valence-electron chi connectivity index (χ3n) is 2.61. The van der Waals surface area contributed by atoms with E-state index in [4.69, 9.17) is 16.7 Å². The molecule has 0 atom stereocenters. The van der Waals surface area contributed by atoms with Gasteiger partial charge in [0.05, 0.1) is 16.3 Å². The summed E-state index contributed by atoms with van der Waals surface area (Å²) in [5.41, 5.74) is -0.715. The van der Waals surface area contributed by atoms with Crippen molar-refractivity contribution in [3.8, 4) is 0 Å². The fourth-order valence-electron chi connectivity index (χ4n) is 1.67. The van der Waals surface area contributed by atoms with Crippen molar-refractivity contribution in [3.05, 3.63) is 57.7 Å². The second-order valence-electron chi connectivity index (χ2n) is 4.05. The van der Waals surface area contributed by atoms with Crippen LogP contribution in [0.4, 0.5) is 5.69 Å². The zero-order chi connectivity index (χ0) is 15.4. The Morgan fingerprint density at radius 1 is 1.33 bits per heavy atom. The number of benzene rings is 1. The van der Waals surface area contributed by atoms with Crippen molar-refractivity contribution >= 4 is 29.2 Å². The fourth-order valence-corrected chi connectivity index (χ4v) is 1.89. The molecule has 7 nitrogen and oxygen atoms in total. The summed E-state index contributed by atoms with van der Waals surface area (Å²) in [4.78, 5) is 37.9. The minimum atomic E-state index is -1.22. The summed E-state index contributed by atoms with van der Waals surface area (Å²) in [6, 6.07) is 5.75. The van der Waals surface area contributed by atoms with E-state index in [9.17, 15) is 14.4 Å². The predicted molar refractivity (Wildman–Crippen MR) is 75.5 cm³/mol. The first kappa shape index (κ1) is 14.7. The first-order valence-corrected chi connectivity index (χ1v) is 6.20. The first-order valence-electron chi connectivity index (χ1n) is 5.82. The van der Waals surface area contributed by atoms with E-state index in [2.05, 4.69) is 10.3 Å². The lowest BCUT2D eigenvalue weighted by Crippen LogP contribution is -2.28. The largest absolute Gasteiger partial charge is 0.478 e. The van der Waals surface area contributed by atoms with Crippen LogP contribution in [0.25, 0.3) is 0 Å². The minimum Gasteiger partial charge on any atom is -0.478 e. The molecular formula is C13H10ClN3O4. The Labute approximate surface area is 123 Å². The lowest BCUT2D eigenvalue weighted by Gasteiger charge is -2.10. The number of carbonyl (C=O) groups is 2. The summed E-state index contributed by atoms with van der Waals surface area (Å²) >= 11 is 5.89. The normalized spacial score (nSPS) is 10.1. The van der Waals surface area contributed by atoms with Gasteiger partial charge in [0.15, 0.2) is 0 Å². The number of aromatic nitrogens is 2. The number of nitrogens with one attached hydrogen (secondary N) is 1. The Kier molecular flexibility index (Phi) is 4.34. The smallest absolute Gasteiger partial charge is 0.347 e. The highest BCUT2D eigenvalue weighted by Gasteiger charge is 2.15. The Morgan fingerprint density at radius 2 is 2.10 bits per heavy atom. The van der Waals surface area contributed by atoms with Gasteiger partial charge < -0.3 is 10.4 Å². The van der Waals surface area contributed by atoms with Crippen LogP contribution in [0, 0.1) is 0 Å². The topological polar surface area (TPSA) is 101 Å². The summed E-state index contributed by atoms with van der Waals surface area (Å²) in [5, 5.41) is 11.6. The molecule has 1 heterocycles. The molecule has 21 heavy (non-hydrogen) atoms. The predicted octanol–water partition coefficient (Wildman–Crippen LogP) is 1.23. The number of aromatic carboxylic acids is 1. The molecule has 0 unspecified atom stereocenters. The van der Waals surface area contributed by atoms with Crippen molar-refractivity contribution in [3.63, 3.8) is 0 Å². The van der Waals surface area contributed by atoms with Crippen LogP contribution in [0.15, 0.2) is 41.5 Å². The van der Waals surface area contributed by atoms with Crippen LogP contribution in [0.2, 0.25) is 5.02 Å². The van der Waals surface area contributed by atoms with Crippen LogP contribution < -0.4 is 11.0 Å². The van der Waals surface area contributed by atoms with Gasteiger partial charge in [-0.15, -0.1) is 0 Å². The molecule has 1 aromatic heterocycles. The molecule has 0 spiro atoms. The van der Waals surface area contributed by atoms with Crippen molar-refractivity contribution in [1.29, 1.82) is 0 Å². The van der Waals surface area contributed by atoms with Gasteiger partial charge >= 0.3 is 11.7 Å². The van der Waals surface area contributed by atoms with Crippen molar-refractivity contribution in [2.75, 3.05) is 5.32 Å². The Morgan fingerprint density at radius 3 is 2.76 bits per heavy atom. The number of halogens is 1. The number of nitrogens with zero attached hydrogens (tertiary/aromatic N) is 2. The van der Waals surface area contributed by atoms with Gasteiger partial charge in [-0.05, 0) is 18.2 Å². The van der Waals surface area contributed by atoms with Gasteiger partial charge in [0.1, 0.15) is 6.54 Å². The number of anilines is 1. The Hall–Kier alpha value is -2.67. The van der Waals surface area contributed by atoms with E-state index in [1.807, 2.05) is 0 Å². The number of para-hydroxylation sites is 1. The summed E-state index contributed by atoms with van der Waals surface area (Å²) < 4.78 is 1.09. The molecule has 2 rings (SSSR count). The number of carboxylic acid groups (broad SMARTS) is 1. The summed E-state index contributed by atoms with van der Waals surface area (Å²) in [5.74, 6) is -1.80. The van der Waals surface area contributed by atoms with E-state index >= 15 is 0 Å². The average Bonchev–Trinajstić information content (AvgIpc) is 2.43. The van der Waals surface area contributed by atoms with Crippen LogP contribution in [-0.2, 0) is 11.3 Å². The summed E-state index contributed by atoms with van der Waals surface area (Å²) in [6.07, 6.45) is 2.72. The van der Waals surface area contributed by atoms with Crippen LogP contribution >= 0.6 is 11.6 Å². The third-order valence-corrected chi connectivity index (χ3v) is 2.92. The maximum absolute atomic E-state index is 11.9. The molecule has 2 aromatic rings. The molecule has 0 aliphatic rings.